The number of carbonyl (C=O) groups is 1. The Morgan fingerprint density at radius 2 is 1.74 bits per heavy atom. The lowest BCUT2D eigenvalue weighted by Crippen LogP contribution is -2.33. The SMILES string of the molecule is CN(CC1CCC(=O)CC1)S(=O)(=O)c1ccccc1. The van der Waals surface area contributed by atoms with Gasteiger partial charge in [-0.1, -0.05) is 18.2 Å². The molecule has 0 bridgehead atoms. The fourth-order valence-electron chi connectivity index (χ4n) is 2.42. The van der Waals surface area contributed by atoms with Gasteiger partial charge in [-0.2, -0.15) is 0 Å². The lowest BCUT2D eigenvalue weighted by Gasteiger charge is -2.26. The molecule has 1 aromatic carbocycles. The number of sulfonamides is 1. The summed E-state index contributed by atoms with van der Waals surface area (Å²) in [6, 6.07) is 8.46. The summed E-state index contributed by atoms with van der Waals surface area (Å²) in [5.41, 5.74) is 0. The molecule has 0 radical (unpaired) electrons. The van der Waals surface area contributed by atoms with Gasteiger partial charge in [0, 0.05) is 26.4 Å². The molecule has 0 unspecified atom stereocenters. The van der Waals surface area contributed by atoms with Crippen LogP contribution >= 0.6 is 0 Å². The highest BCUT2D eigenvalue weighted by atomic mass is 32.2. The van der Waals surface area contributed by atoms with Crippen molar-refractivity contribution in [1.29, 1.82) is 0 Å². The van der Waals surface area contributed by atoms with Gasteiger partial charge >= 0.3 is 0 Å². The van der Waals surface area contributed by atoms with E-state index in [2.05, 4.69) is 0 Å². The minimum absolute atomic E-state index is 0.293. The topological polar surface area (TPSA) is 54.5 Å². The second-order valence-corrected chi connectivity index (χ2v) is 7.13. The maximum Gasteiger partial charge on any atom is 0.242 e. The van der Waals surface area contributed by atoms with E-state index < -0.39 is 10.0 Å². The maximum atomic E-state index is 12.3. The van der Waals surface area contributed by atoms with E-state index >= 15 is 0 Å². The van der Waals surface area contributed by atoms with Crippen LogP contribution in [0, 0.1) is 5.92 Å². The molecule has 1 saturated carbocycles. The summed E-state index contributed by atoms with van der Waals surface area (Å²) < 4.78 is 26.1. The smallest absolute Gasteiger partial charge is 0.242 e. The van der Waals surface area contributed by atoms with E-state index in [0.29, 0.717) is 36.0 Å². The lowest BCUT2D eigenvalue weighted by molar-refractivity contribution is -0.121. The minimum Gasteiger partial charge on any atom is -0.300 e. The predicted molar refractivity (Wildman–Crippen MR) is 73.2 cm³/mol. The molecule has 0 aliphatic heterocycles. The Morgan fingerprint density at radius 3 is 2.32 bits per heavy atom. The zero-order valence-electron chi connectivity index (χ0n) is 11.1. The van der Waals surface area contributed by atoms with Crippen molar-refractivity contribution in [3.05, 3.63) is 30.3 Å². The molecule has 0 aromatic heterocycles. The molecule has 1 aliphatic carbocycles. The third kappa shape index (κ3) is 3.42. The monoisotopic (exact) mass is 281 g/mol. The molecular formula is C14H19NO3S. The van der Waals surface area contributed by atoms with Gasteiger partial charge in [0.25, 0.3) is 0 Å². The van der Waals surface area contributed by atoms with Crippen LogP contribution in [0.3, 0.4) is 0 Å². The van der Waals surface area contributed by atoms with Crippen molar-refractivity contribution in [3.8, 4) is 0 Å². The molecule has 1 aliphatic rings. The van der Waals surface area contributed by atoms with E-state index in [9.17, 15) is 13.2 Å². The molecule has 0 N–H and O–H groups in total. The Balaban J connectivity index is 2.03. The average Bonchev–Trinajstić information content (AvgIpc) is 2.42. The molecule has 0 atom stereocenters. The number of hydrogen-bond donors (Lipinski definition) is 0. The molecular weight excluding hydrogens is 262 g/mol. The van der Waals surface area contributed by atoms with Gasteiger partial charge in [-0.05, 0) is 30.9 Å². The molecule has 1 aromatic rings. The Kier molecular flexibility index (Phi) is 4.37. The highest BCUT2D eigenvalue weighted by molar-refractivity contribution is 7.89. The van der Waals surface area contributed by atoms with Crippen molar-refractivity contribution in [3.63, 3.8) is 0 Å². The first kappa shape index (κ1) is 14.2. The van der Waals surface area contributed by atoms with Crippen LogP contribution in [-0.2, 0) is 14.8 Å². The quantitative estimate of drug-likeness (QED) is 0.849. The summed E-state index contributed by atoms with van der Waals surface area (Å²) >= 11 is 0. The van der Waals surface area contributed by atoms with Crippen LogP contribution in [0.15, 0.2) is 35.2 Å². The zero-order valence-corrected chi connectivity index (χ0v) is 11.9. The summed E-state index contributed by atoms with van der Waals surface area (Å²) in [5.74, 6) is 0.589. The van der Waals surface area contributed by atoms with Crippen molar-refractivity contribution >= 4 is 15.8 Å². The Labute approximate surface area is 114 Å². The van der Waals surface area contributed by atoms with Gasteiger partial charge in [0.05, 0.1) is 4.90 Å². The highest BCUT2D eigenvalue weighted by Crippen LogP contribution is 2.24. The average molecular weight is 281 g/mol. The second kappa shape index (κ2) is 5.84. The van der Waals surface area contributed by atoms with Crippen molar-refractivity contribution in [2.75, 3.05) is 13.6 Å². The number of carbonyl (C=O) groups excluding carboxylic acids is 1. The van der Waals surface area contributed by atoms with Crippen molar-refractivity contribution in [2.24, 2.45) is 5.92 Å². The fourth-order valence-corrected chi connectivity index (χ4v) is 3.68. The van der Waals surface area contributed by atoms with Crippen LogP contribution in [0.25, 0.3) is 0 Å². The summed E-state index contributed by atoms with van der Waals surface area (Å²) in [5, 5.41) is 0. The second-order valence-electron chi connectivity index (χ2n) is 5.08. The molecule has 19 heavy (non-hydrogen) atoms. The summed E-state index contributed by atoms with van der Waals surface area (Å²) in [7, 11) is -1.79. The minimum atomic E-state index is -3.40. The summed E-state index contributed by atoms with van der Waals surface area (Å²) in [4.78, 5) is 11.5. The van der Waals surface area contributed by atoms with Crippen LogP contribution in [0.4, 0.5) is 0 Å². The zero-order chi connectivity index (χ0) is 13.9. The van der Waals surface area contributed by atoms with Crippen LogP contribution in [0.2, 0.25) is 0 Å². The van der Waals surface area contributed by atoms with Gasteiger partial charge in [0.1, 0.15) is 5.78 Å². The third-order valence-corrected chi connectivity index (χ3v) is 5.47. The van der Waals surface area contributed by atoms with Crippen molar-refractivity contribution < 1.29 is 13.2 Å². The number of benzene rings is 1. The molecule has 2 rings (SSSR count). The van der Waals surface area contributed by atoms with Crippen molar-refractivity contribution in [1.82, 2.24) is 4.31 Å². The normalized spacial score (nSPS) is 17.9. The van der Waals surface area contributed by atoms with Crippen LogP contribution in [-0.4, -0.2) is 32.1 Å². The number of Topliss-reactive ketones (excluding diaryl/α,β-unsaturated/α-hetero) is 1. The standard InChI is InChI=1S/C14H19NO3S/c1-15(11-12-7-9-13(16)10-8-12)19(17,18)14-5-3-2-4-6-14/h2-6,12H,7-11H2,1H3. The molecule has 1 fully saturated rings. The van der Waals surface area contributed by atoms with E-state index in [1.807, 2.05) is 0 Å². The predicted octanol–water partition coefficient (Wildman–Crippen LogP) is 2.07. The first-order valence-corrected chi connectivity index (χ1v) is 7.97. The fraction of sp³-hybridized carbons (Fsp3) is 0.500. The number of rotatable bonds is 4. The maximum absolute atomic E-state index is 12.3. The number of ketones is 1. The van der Waals surface area contributed by atoms with Crippen LogP contribution in [0.5, 0.6) is 0 Å². The molecule has 0 saturated heterocycles. The number of nitrogens with zero attached hydrogens (tertiary/aromatic N) is 1. The van der Waals surface area contributed by atoms with Gasteiger partial charge in [-0.15, -0.1) is 0 Å². The first-order valence-electron chi connectivity index (χ1n) is 6.53. The van der Waals surface area contributed by atoms with Gasteiger partial charge < -0.3 is 0 Å². The highest BCUT2D eigenvalue weighted by Gasteiger charge is 2.26. The molecule has 0 heterocycles. The summed E-state index contributed by atoms with van der Waals surface area (Å²) in [6.45, 7) is 0.491. The molecule has 104 valence electrons. The van der Waals surface area contributed by atoms with Gasteiger partial charge in [-0.25, -0.2) is 12.7 Å². The molecule has 4 nitrogen and oxygen atoms in total. The van der Waals surface area contributed by atoms with Crippen LogP contribution < -0.4 is 0 Å². The van der Waals surface area contributed by atoms with E-state index in [4.69, 9.17) is 0 Å². The van der Waals surface area contributed by atoms with E-state index in [0.717, 1.165) is 12.8 Å². The van der Waals surface area contributed by atoms with E-state index in [1.165, 1.54) is 4.31 Å². The van der Waals surface area contributed by atoms with Crippen molar-refractivity contribution in [2.45, 2.75) is 30.6 Å². The van der Waals surface area contributed by atoms with E-state index in [1.54, 1.807) is 37.4 Å². The Morgan fingerprint density at radius 1 is 1.16 bits per heavy atom. The first-order chi connectivity index (χ1) is 9.00. The van der Waals surface area contributed by atoms with Gasteiger partial charge in [-0.3, -0.25) is 4.79 Å². The Hall–Kier alpha value is -1.20. The Bertz CT molecular complexity index is 529. The molecule has 0 spiro atoms. The van der Waals surface area contributed by atoms with Gasteiger partial charge in [0.15, 0.2) is 0 Å². The van der Waals surface area contributed by atoms with Crippen LogP contribution in [0.1, 0.15) is 25.7 Å². The number of hydrogen-bond acceptors (Lipinski definition) is 3. The molecule has 5 heteroatoms. The third-order valence-electron chi connectivity index (χ3n) is 3.63. The summed E-state index contributed by atoms with van der Waals surface area (Å²) in [6.07, 6.45) is 2.77. The van der Waals surface area contributed by atoms with E-state index in [-0.39, 0.29) is 0 Å². The lowest BCUT2D eigenvalue weighted by atomic mass is 9.88. The largest absolute Gasteiger partial charge is 0.300 e. The van der Waals surface area contributed by atoms with Gasteiger partial charge in [0.2, 0.25) is 10.0 Å². The molecule has 0 amide bonds.